The molecule has 4 heteroatoms. The van der Waals surface area contributed by atoms with Gasteiger partial charge in [-0.1, -0.05) is 193 Å². The molecular weight excluding hydrogens is 556 g/mol. The fraction of sp³-hybridized carbons (Fsp3) is 0.780. The number of aromatic hydroxyl groups is 2. The van der Waals surface area contributed by atoms with Gasteiger partial charge in [0.15, 0.2) is 5.43 Å². The molecule has 1 aromatic heterocycles. The number of hydrogen-bond donors (Lipinski definition) is 2. The van der Waals surface area contributed by atoms with Crippen LogP contribution in [0.3, 0.4) is 0 Å². The summed E-state index contributed by atoms with van der Waals surface area (Å²) < 4.78 is 5.75. The topological polar surface area (TPSA) is 70.7 Å². The van der Waals surface area contributed by atoms with E-state index >= 15 is 0 Å². The predicted molar refractivity (Wildman–Crippen MR) is 194 cm³/mol. The average Bonchev–Trinajstić information content (AvgIpc) is 3.01. The first-order valence-electron chi connectivity index (χ1n) is 19.6. The van der Waals surface area contributed by atoms with Gasteiger partial charge in [0, 0.05) is 24.6 Å². The first-order chi connectivity index (χ1) is 22.1. The summed E-state index contributed by atoms with van der Waals surface area (Å²) in [5.41, 5.74) is -0.00472. The third-order valence-corrected chi connectivity index (χ3v) is 9.62. The molecule has 0 atom stereocenters. The van der Waals surface area contributed by atoms with Gasteiger partial charge in [0.05, 0.1) is 0 Å². The molecule has 1 aromatic carbocycles. The minimum absolute atomic E-state index is 0.101. The number of unbranched alkanes of at least 4 members (excludes halogenated alkanes) is 29. The molecule has 0 fully saturated rings. The van der Waals surface area contributed by atoms with Crippen molar-refractivity contribution in [2.24, 2.45) is 0 Å². The van der Waals surface area contributed by atoms with Crippen LogP contribution in [0.5, 0.6) is 11.5 Å². The van der Waals surface area contributed by atoms with Crippen LogP contribution in [-0.2, 0) is 6.42 Å². The minimum Gasteiger partial charge on any atom is -0.508 e. The first-order valence-corrected chi connectivity index (χ1v) is 19.6. The van der Waals surface area contributed by atoms with Crippen molar-refractivity contribution in [3.8, 4) is 11.5 Å². The molecule has 258 valence electrons. The Morgan fingerprint density at radius 3 is 1.16 bits per heavy atom. The highest BCUT2D eigenvalue weighted by Crippen LogP contribution is 2.28. The molecule has 0 spiro atoms. The molecule has 2 aromatic rings. The zero-order chi connectivity index (χ0) is 32.2. The van der Waals surface area contributed by atoms with Gasteiger partial charge in [0.1, 0.15) is 28.2 Å². The summed E-state index contributed by atoms with van der Waals surface area (Å²) >= 11 is 0. The third kappa shape index (κ3) is 20.0. The highest BCUT2D eigenvalue weighted by molar-refractivity contribution is 5.84. The predicted octanol–water partition coefficient (Wildman–Crippen LogP) is 13.5. The Hall–Kier alpha value is -1.97. The number of hydrogen-bond acceptors (Lipinski definition) is 4. The number of rotatable bonds is 31. The van der Waals surface area contributed by atoms with Crippen molar-refractivity contribution in [2.75, 3.05) is 0 Å². The molecule has 2 rings (SSSR count). The van der Waals surface area contributed by atoms with Crippen molar-refractivity contribution in [1.29, 1.82) is 0 Å². The normalized spacial score (nSPS) is 11.6. The summed E-state index contributed by atoms with van der Waals surface area (Å²) in [7, 11) is 0. The fourth-order valence-corrected chi connectivity index (χ4v) is 6.75. The number of phenolic OH excluding ortho intramolecular Hbond substituents is 2. The summed E-state index contributed by atoms with van der Waals surface area (Å²) in [4.78, 5) is 12.3. The van der Waals surface area contributed by atoms with Gasteiger partial charge in [-0.2, -0.15) is 0 Å². The lowest BCUT2D eigenvalue weighted by molar-refractivity contribution is 0.449. The number of aryl methyl sites for hydroxylation is 1. The summed E-state index contributed by atoms with van der Waals surface area (Å²) in [5, 5.41) is 19.7. The quantitative estimate of drug-likeness (QED) is 0.0817. The van der Waals surface area contributed by atoms with Crippen LogP contribution in [0, 0.1) is 0 Å². The lowest BCUT2D eigenvalue weighted by Gasteiger charge is -2.06. The van der Waals surface area contributed by atoms with E-state index < -0.39 is 0 Å². The van der Waals surface area contributed by atoms with Gasteiger partial charge in [0.25, 0.3) is 0 Å². The van der Waals surface area contributed by atoms with E-state index in [0.717, 1.165) is 12.8 Å². The monoisotopic (exact) mass is 627 g/mol. The molecule has 0 saturated heterocycles. The van der Waals surface area contributed by atoms with E-state index in [1.54, 1.807) is 0 Å². The molecule has 0 unspecified atom stereocenters. The van der Waals surface area contributed by atoms with Crippen molar-refractivity contribution >= 4 is 11.0 Å². The Labute approximate surface area is 276 Å². The van der Waals surface area contributed by atoms with Gasteiger partial charge in [-0.25, -0.2) is 0 Å². The smallest absolute Gasteiger partial charge is 0.196 e. The molecule has 1 heterocycles. The van der Waals surface area contributed by atoms with E-state index in [-0.39, 0.29) is 27.9 Å². The molecule has 0 radical (unpaired) electrons. The molecule has 0 saturated carbocycles. The van der Waals surface area contributed by atoms with Crippen LogP contribution in [0.4, 0.5) is 0 Å². The van der Waals surface area contributed by atoms with Gasteiger partial charge in [-0.05, 0) is 6.42 Å². The van der Waals surface area contributed by atoms with E-state index in [4.69, 9.17) is 4.42 Å². The van der Waals surface area contributed by atoms with E-state index in [9.17, 15) is 15.0 Å². The summed E-state index contributed by atoms with van der Waals surface area (Å²) in [5.74, 6) is 0.287. The Kier molecular flexibility index (Phi) is 23.7. The van der Waals surface area contributed by atoms with Crippen LogP contribution in [0.2, 0.25) is 0 Å². The maximum absolute atomic E-state index is 12.3. The van der Waals surface area contributed by atoms with Crippen molar-refractivity contribution in [3.63, 3.8) is 0 Å². The lowest BCUT2D eigenvalue weighted by Crippen LogP contribution is -2.02. The zero-order valence-corrected chi connectivity index (χ0v) is 29.4. The molecule has 0 aliphatic carbocycles. The first kappa shape index (κ1) is 39.2. The second-order valence-corrected chi connectivity index (χ2v) is 13.9. The van der Waals surface area contributed by atoms with Crippen molar-refractivity contribution in [1.82, 2.24) is 0 Å². The molecule has 0 bridgehead atoms. The van der Waals surface area contributed by atoms with Crippen LogP contribution in [0.15, 0.2) is 27.4 Å². The van der Waals surface area contributed by atoms with Crippen LogP contribution in [-0.4, -0.2) is 10.2 Å². The van der Waals surface area contributed by atoms with Crippen LogP contribution >= 0.6 is 0 Å². The molecule has 2 N–H and O–H groups in total. The Bertz CT molecular complexity index is 1030. The summed E-state index contributed by atoms with van der Waals surface area (Å²) in [6, 6.07) is 4.03. The highest BCUT2D eigenvalue weighted by Gasteiger charge is 2.11. The van der Waals surface area contributed by atoms with Crippen LogP contribution in [0.25, 0.3) is 11.0 Å². The maximum Gasteiger partial charge on any atom is 0.196 e. The number of fused-ring (bicyclic) bond motifs is 1. The van der Waals surface area contributed by atoms with Gasteiger partial charge >= 0.3 is 0 Å². The largest absolute Gasteiger partial charge is 0.508 e. The Morgan fingerprint density at radius 2 is 0.800 bits per heavy atom. The number of phenols is 2. The molecule has 4 nitrogen and oxygen atoms in total. The van der Waals surface area contributed by atoms with E-state index in [0.29, 0.717) is 12.2 Å². The van der Waals surface area contributed by atoms with Crippen molar-refractivity contribution in [2.45, 2.75) is 206 Å². The lowest BCUT2D eigenvalue weighted by atomic mass is 10.0. The fourth-order valence-electron chi connectivity index (χ4n) is 6.75. The summed E-state index contributed by atoms with van der Waals surface area (Å²) in [6.07, 6.45) is 42.6. The summed E-state index contributed by atoms with van der Waals surface area (Å²) in [6.45, 7) is 2.30. The molecule has 0 aliphatic rings. The zero-order valence-electron chi connectivity index (χ0n) is 29.4. The second kappa shape index (κ2) is 27.2. The minimum atomic E-state index is -0.255. The van der Waals surface area contributed by atoms with Gasteiger partial charge in [0.2, 0.25) is 0 Å². The van der Waals surface area contributed by atoms with Gasteiger partial charge in [-0.3, -0.25) is 4.79 Å². The Morgan fingerprint density at radius 1 is 0.467 bits per heavy atom. The SMILES string of the molecule is CCCCCCCCCCCCCCCCCCCCCCCCCCCCCCCCc1cc(=O)c2c(O)cc(O)cc2o1. The maximum atomic E-state index is 12.3. The Balaban J connectivity index is 1.25. The van der Waals surface area contributed by atoms with E-state index in [1.807, 2.05) is 0 Å². The second-order valence-electron chi connectivity index (χ2n) is 13.9. The van der Waals surface area contributed by atoms with Crippen LogP contribution < -0.4 is 5.43 Å². The molecule has 0 aliphatic heterocycles. The van der Waals surface area contributed by atoms with E-state index in [1.165, 1.54) is 198 Å². The molecular formula is C41H70O4. The molecule has 45 heavy (non-hydrogen) atoms. The highest BCUT2D eigenvalue weighted by atomic mass is 16.3. The average molecular weight is 627 g/mol. The van der Waals surface area contributed by atoms with Crippen molar-refractivity contribution in [3.05, 3.63) is 34.2 Å². The van der Waals surface area contributed by atoms with Gasteiger partial charge in [-0.15, -0.1) is 0 Å². The molecule has 0 amide bonds. The third-order valence-electron chi connectivity index (χ3n) is 9.62. The van der Waals surface area contributed by atoms with Crippen molar-refractivity contribution < 1.29 is 14.6 Å². The van der Waals surface area contributed by atoms with Crippen LogP contribution in [0.1, 0.15) is 205 Å². The standard InChI is InChI=1S/C41H70O4/c1-2-3-4-5-6-7-8-9-10-11-12-13-14-15-16-17-18-19-20-21-22-23-24-25-26-27-28-29-30-31-32-37-35-39(44)41-38(43)33-36(42)34-40(41)45-37/h33-35,42-43H,2-32H2,1H3. The number of benzene rings is 1. The van der Waals surface area contributed by atoms with Gasteiger partial charge < -0.3 is 14.6 Å². The van der Waals surface area contributed by atoms with E-state index in [2.05, 4.69) is 6.92 Å².